The zero-order chi connectivity index (χ0) is 17.6. The van der Waals surface area contributed by atoms with Crippen LogP contribution in [0, 0.1) is 0 Å². The van der Waals surface area contributed by atoms with Crippen molar-refractivity contribution in [3.63, 3.8) is 0 Å². The molecule has 0 aromatic heterocycles. The lowest BCUT2D eigenvalue weighted by molar-refractivity contribution is 0.0926. The van der Waals surface area contributed by atoms with E-state index in [0.717, 1.165) is 4.90 Å². The van der Waals surface area contributed by atoms with Crippen LogP contribution in [0.3, 0.4) is 0 Å². The summed E-state index contributed by atoms with van der Waals surface area (Å²) in [7, 11) is 0. The maximum Gasteiger partial charge on any atom is 0.267 e. The van der Waals surface area contributed by atoms with Crippen LogP contribution in [0.15, 0.2) is 24.3 Å². The minimum absolute atomic E-state index is 0.0463. The molecular formula is C16H9Cl4NO3. The van der Waals surface area contributed by atoms with Crippen molar-refractivity contribution in [2.45, 2.75) is 6.92 Å². The van der Waals surface area contributed by atoms with Crippen LogP contribution in [0.25, 0.3) is 0 Å². The Morgan fingerprint density at radius 1 is 0.833 bits per heavy atom. The van der Waals surface area contributed by atoms with Crippen LogP contribution in [0.4, 0.5) is 5.69 Å². The summed E-state index contributed by atoms with van der Waals surface area (Å²) >= 11 is 24.2. The molecule has 0 unspecified atom stereocenters. The standard InChI is InChI=1S/C16H9Cl4NO3/c1-2-24-8-5-3-7(4-6-8)21-15(22)9-10(16(21)23)12(18)14(20)13(19)11(9)17/h3-6H,2H2,1H3. The summed E-state index contributed by atoms with van der Waals surface area (Å²) in [5.41, 5.74) is 0.272. The van der Waals surface area contributed by atoms with Gasteiger partial charge in [-0.15, -0.1) is 0 Å². The normalized spacial score (nSPS) is 13.5. The smallest absolute Gasteiger partial charge is 0.267 e. The number of carbonyl (C=O) groups excluding carboxylic acids is 2. The Morgan fingerprint density at radius 3 is 1.71 bits per heavy atom. The molecule has 0 atom stereocenters. The van der Waals surface area contributed by atoms with Crippen molar-refractivity contribution in [2.75, 3.05) is 11.5 Å². The van der Waals surface area contributed by atoms with E-state index in [9.17, 15) is 9.59 Å². The molecule has 24 heavy (non-hydrogen) atoms. The molecule has 0 bridgehead atoms. The zero-order valence-corrected chi connectivity index (χ0v) is 15.2. The van der Waals surface area contributed by atoms with Crippen molar-refractivity contribution < 1.29 is 14.3 Å². The van der Waals surface area contributed by atoms with Crippen molar-refractivity contribution in [2.24, 2.45) is 0 Å². The Labute approximate surface area is 157 Å². The molecule has 0 N–H and O–H groups in total. The molecule has 2 aromatic rings. The third kappa shape index (κ3) is 2.54. The van der Waals surface area contributed by atoms with Gasteiger partial charge in [0.15, 0.2) is 0 Å². The average molecular weight is 405 g/mol. The highest BCUT2D eigenvalue weighted by Gasteiger charge is 2.42. The lowest BCUT2D eigenvalue weighted by atomic mass is 10.1. The van der Waals surface area contributed by atoms with Gasteiger partial charge in [-0.2, -0.15) is 0 Å². The van der Waals surface area contributed by atoms with Gasteiger partial charge < -0.3 is 4.74 Å². The predicted octanol–water partition coefficient (Wildman–Crippen LogP) is 5.50. The molecule has 1 heterocycles. The van der Waals surface area contributed by atoms with Crippen LogP contribution in [0.2, 0.25) is 20.1 Å². The van der Waals surface area contributed by atoms with Gasteiger partial charge in [-0.05, 0) is 31.2 Å². The van der Waals surface area contributed by atoms with Crippen LogP contribution in [0.1, 0.15) is 27.6 Å². The molecule has 8 heteroatoms. The number of amides is 2. The highest BCUT2D eigenvalue weighted by Crippen LogP contribution is 2.45. The summed E-state index contributed by atoms with van der Waals surface area (Å²) in [6.07, 6.45) is 0. The lowest BCUT2D eigenvalue weighted by Crippen LogP contribution is -2.29. The summed E-state index contributed by atoms with van der Waals surface area (Å²) in [6.45, 7) is 2.37. The number of rotatable bonds is 3. The second-order valence-corrected chi connectivity index (χ2v) is 6.39. The Kier molecular flexibility index (Phi) is 4.67. The third-order valence-corrected chi connectivity index (χ3v) is 5.31. The van der Waals surface area contributed by atoms with Gasteiger partial charge in [-0.25, -0.2) is 4.90 Å². The van der Waals surface area contributed by atoms with E-state index in [1.165, 1.54) is 0 Å². The van der Waals surface area contributed by atoms with Gasteiger partial charge in [0.05, 0.1) is 43.5 Å². The number of fused-ring (bicyclic) bond motifs is 1. The van der Waals surface area contributed by atoms with E-state index in [-0.39, 0.29) is 31.2 Å². The summed E-state index contributed by atoms with van der Waals surface area (Å²) in [6, 6.07) is 6.51. The molecule has 1 aliphatic heterocycles. The van der Waals surface area contributed by atoms with Crippen molar-refractivity contribution >= 4 is 63.9 Å². The van der Waals surface area contributed by atoms with Crippen LogP contribution < -0.4 is 9.64 Å². The first-order valence-electron chi connectivity index (χ1n) is 6.86. The monoisotopic (exact) mass is 403 g/mol. The van der Waals surface area contributed by atoms with Crippen molar-refractivity contribution in [3.05, 3.63) is 55.5 Å². The first-order chi connectivity index (χ1) is 11.4. The van der Waals surface area contributed by atoms with Gasteiger partial charge in [-0.1, -0.05) is 46.4 Å². The zero-order valence-electron chi connectivity index (χ0n) is 12.2. The fourth-order valence-electron chi connectivity index (χ4n) is 2.44. The van der Waals surface area contributed by atoms with E-state index >= 15 is 0 Å². The molecule has 0 saturated heterocycles. The fraction of sp³-hybridized carbons (Fsp3) is 0.125. The maximum absolute atomic E-state index is 12.7. The number of benzene rings is 2. The number of imide groups is 1. The number of anilines is 1. The van der Waals surface area contributed by atoms with Gasteiger partial charge in [0.25, 0.3) is 11.8 Å². The molecule has 1 aliphatic rings. The van der Waals surface area contributed by atoms with Gasteiger partial charge >= 0.3 is 0 Å². The Morgan fingerprint density at radius 2 is 1.29 bits per heavy atom. The maximum atomic E-state index is 12.7. The minimum Gasteiger partial charge on any atom is -0.494 e. The third-order valence-electron chi connectivity index (χ3n) is 3.51. The second kappa shape index (κ2) is 6.45. The number of carbonyl (C=O) groups is 2. The SMILES string of the molecule is CCOc1ccc(N2C(=O)c3c(Cl)c(Cl)c(Cl)c(Cl)c3C2=O)cc1. The molecular weight excluding hydrogens is 396 g/mol. The highest BCUT2D eigenvalue weighted by atomic mass is 35.5. The summed E-state index contributed by atoms with van der Waals surface area (Å²) in [5, 5.41) is -0.297. The number of hydrogen-bond donors (Lipinski definition) is 0. The molecule has 2 amide bonds. The number of halogens is 4. The Bertz CT molecular complexity index is 818. The summed E-state index contributed by atoms with van der Waals surface area (Å²) in [4.78, 5) is 26.3. The topological polar surface area (TPSA) is 46.6 Å². The highest BCUT2D eigenvalue weighted by molar-refractivity contribution is 6.56. The molecule has 0 spiro atoms. The van der Waals surface area contributed by atoms with E-state index in [1.807, 2.05) is 6.92 Å². The molecule has 0 fully saturated rings. The lowest BCUT2D eigenvalue weighted by Gasteiger charge is -2.14. The van der Waals surface area contributed by atoms with Gasteiger partial charge in [-0.3, -0.25) is 9.59 Å². The molecule has 0 aliphatic carbocycles. The first-order valence-corrected chi connectivity index (χ1v) is 8.37. The molecule has 4 nitrogen and oxygen atoms in total. The number of hydrogen-bond acceptors (Lipinski definition) is 3. The van der Waals surface area contributed by atoms with E-state index in [1.54, 1.807) is 24.3 Å². The predicted molar refractivity (Wildman–Crippen MR) is 95.2 cm³/mol. The minimum atomic E-state index is -0.607. The van der Waals surface area contributed by atoms with Crippen LogP contribution in [-0.2, 0) is 0 Å². The molecule has 2 aromatic carbocycles. The average Bonchev–Trinajstić information content (AvgIpc) is 2.83. The van der Waals surface area contributed by atoms with Crippen LogP contribution in [-0.4, -0.2) is 18.4 Å². The van der Waals surface area contributed by atoms with Crippen molar-refractivity contribution in [1.29, 1.82) is 0 Å². The van der Waals surface area contributed by atoms with Gasteiger partial charge in [0.2, 0.25) is 0 Å². The quantitative estimate of drug-likeness (QED) is 0.385. The molecule has 124 valence electrons. The van der Waals surface area contributed by atoms with Crippen LogP contribution >= 0.6 is 46.4 Å². The molecule has 0 radical (unpaired) electrons. The number of nitrogens with zero attached hydrogens (tertiary/aromatic N) is 1. The fourth-order valence-corrected chi connectivity index (χ4v) is 3.46. The summed E-state index contributed by atoms with van der Waals surface area (Å²) in [5.74, 6) is -0.589. The van der Waals surface area contributed by atoms with Gasteiger partial charge in [0.1, 0.15) is 5.75 Å². The number of ether oxygens (including phenoxy) is 1. The Balaban J connectivity index is 2.11. The van der Waals surface area contributed by atoms with Crippen LogP contribution in [0.5, 0.6) is 5.75 Å². The van der Waals surface area contributed by atoms with Gasteiger partial charge in [0, 0.05) is 0 Å². The summed E-state index contributed by atoms with van der Waals surface area (Å²) < 4.78 is 5.34. The van der Waals surface area contributed by atoms with E-state index in [2.05, 4.69) is 0 Å². The largest absolute Gasteiger partial charge is 0.494 e. The Hall–Kier alpha value is -1.46. The van der Waals surface area contributed by atoms with Crippen molar-refractivity contribution in [3.8, 4) is 5.75 Å². The van der Waals surface area contributed by atoms with Crippen molar-refractivity contribution in [1.82, 2.24) is 0 Å². The second-order valence-electron chi connectivity index (χ2n) is 4.88. The van der Waals surface area contributed by atoms with E-state index in [4.69, 9.17) is 51.1 Å². The first kappa shape index (κ1) is 17.4. The molecule has 0 saturated carbocycles. The van der Waals surface area contributed by atoms with E-state index < -0.39 is 11.8 Å². The van der Waals surface area contributed by atoms with E-state index in [0.29, 0.717) is 18.0 Å². The molecule has 3 rings (SSSR count).